The smallest absolute Gasteiger partial charge is 0.315 e. The summed E-state index contributed by atoms with van der Waals surface area (Å²) in [4.78, 5) is 118. The van der Waals surface area contributed by atoms with Gasteiger partial charge in [-0.1, -0.05) is 47.0 Å². The predicted octanol–water partition coefficient (Wildman–Crippen LogP) is -3.24. The van der Waals surface area contributed by atoms with Gasteiger partial charge in [0.05, 0.1) is 31.7 Å². The van der Waals surface area contributed by atoms with Gasteiger partial charge in [-0.2, -0.15) is 11.8 Å². The van der Waals surface area contributed by atoms with Crippen LogP contribution < -0.4 is 70.8 Å². The molecule has 0 spiro atoms. The zero-order valence-corrected chi connectivity index (χ0v) is 38.4. The number of hydrogen-bond donors (Lipinski definition) is 13. The maximum atomic E-state index is 13.7. The molecule has 2 unspecified atom stereocenters. The lowest BCUT2D eigenvalue weighted by Gasteiger charge is -2.27. The van der Waals surface area contributed by atoms with Crippen LogP contribution in [0.1, 0.15) is 98.3 Å². The van der Waals surface area contributed by atoms with Crippen molar-refractivity contribution in [2.24, 2.45) is 39.8 Å². The molecule has 24 heteroatoms. The molecule has 9 atom stereocenters. The van der Waals surface area contributed by atoms with Crippen LogP contribution in [-0.2, 0) is 38.4 Å². The predicted molar refractivity (Wildman–Crippen MR) is 242 cm³/mol. The first-order valence-corrected chi connectivity index (χ1v) is 23.2. The van der Waals surface area contributed by atoms with E-state index in [2.05, 4.69) is 52.8 Å². The maximum absolute atomic E-state index is 13.7. The lowest BCUT2D eigenvalue weighted by Crippen LogP contribution is -2.58. The van der Waals surface area contributed by atoms with Crippen molar-refractivity contribution >= 4 is 71.0 Å². The van der Waals surface area contributed by atoms with Gasteiger partial charge in [0.25, 0.3) is 0 Å². The molecule has 0 aromatic heterocycles. The summed E-state index contributed by atoms with van der Waals surface area (Å²) in [7, 11) is 0. The molecule has 2 saturated heterocycles. The van der Waals surface area contributed by atoms with Gasteiger partial charge >= 0.3 is 6.03 Å². The third kappa shape index (κ3) is 20.0. The van der Waals surface area contributed by atoms with E-state index < -0.39 is 84.5 Å². The van der Waals surface area contributed by atoms with Crippen molar-refractivity contribution in [2.45, 2.75) is 140 Å². The van der Waals surface area contributed by atoms with Crippen molar-refractivity contribution in [2.75, 3.05) is 38.5 Å². The Hall–Kier alpha value is -5.39. The first kappa shape index (κ1) is 54.7. The molecule has 23 nitrogen and oxygen atoms in total. The minimum atomic E-state index is -1.19. The number of carbonyl (C=O) groups excluding carboxylic acids is 9. The van der Waals surface area contributed by atoms with Crippen LogP contribution in [0.2, 0.25) is 0 Å². The van der Waals surface area contributed by atoms with E-state index >= 15 is 0 Å². The molecule has 64 heavy (non-hydrogen) atoms. The number of hydrogen-bond acceptors (Lipinski definition) is 12. The van der Waals surface area contributed by atoms with Gasteiger partial charge in [-0.3, -0.25) is 43.3 Å². The zero-order valence-electron chi connectivity index (χ0n) is 37.6. The molecule has 2 aliphatic heterocycles. The average Bonchev–Trinajstić information content (AvgIpc) is 3.82. The van der Waals surface area contributed by atoms with E-state index in [1.165, 1.54) is 0 Å². The van der Waals surface area contributed by atoms with Crippen LogP contribution in [0.15, 0.2) is 4.99 Å². The lowest BCUT2D eigenvalue weighted by molar-refractivity contribution is -0.134. The lowest BCUT2D eigenvalue weighted by atomic mass is 9.97. The second-order valence-electron chi connectivity index (χ2n) is 16.2. The van der Waals surface area contributed by atoms with Gasteiger partial charge in [-0.15, -0.1) is 0 Å². The van der Waals surface area contributed by atoms with Crippen LogP contribution in [0.4, 0.5) is 4.79 Å². The number of aliphatic imine (C=N–C) groups is 1. The SMILES string of the molecule is CCC(C)[C@H](NC(=O)CN)C(=O)NCC(=O)NCC(=O)N[C@H](C(=O)N[C@@H](CCCN=C(N)N)C(=O)N[C@@H](CCCCNC(=O)CCCC[C@@H]1SC[C@@H]2NC(=O)N[C@@H]21)C(N)=O)C(C)CC. The molecule has 362 valence electrons. The highest BCUT2D eigenvalue weighted by Crippen LogP contribution is 2.33. The van der Waals surface area contributed by atoms with E-state index in [9.17, 15) is 43.2 Å². The van der Waals surface area contributed by atoms with Crippen molar-refractivity contribution in [3.05, 3.63) is 0 Å². The van der Waals surface area contributed by atoms with Crippen LogP contribution in [0, 0.1) is 11.8 Å². The van der Waals surface area contributed by atoms with Crippen molar-refractivity contribution in [1.82, 2.24) is 47.9 Å². The molecule has 17 N–H and O–H groups in total. The first-order chi connectivity index (χ1) is 30.4. The van der Waals surface area contributed by atoms with E-state index in [1.807, 2.05) is 18.7 Å². The highest BCUT2D eigenvalue weighted by molar-refractivity contribution is 8.00. The van der Waals surface area contributed by atoms with Crippen LogP contribution in [-0.4, -0.2) is 139 Å². The van der Waals surface area contributed by atoms with Crippen LogP contribution in [0.5, 0.6) is 0 Å². The Morgan fingerprint density at radius 3 is 1.97 bits per heavy atom. The van der Waals surface area contributed by atoms with Crippen molar-refractivity contribution in [3.63, 3.8) is 0 Å². The van der Waals surface area contributed by atoms with Crippen molar-refractivity contribution in [3.8, 4) is 0 Å². The third-order valence-corrected chi connectivity index (χ3v) is 12.7. The summed E-state index contributed by atoms with van der Waals surface area (Å²) in [6.07, 6.45) is 5.28. The fourth-order valence-electron chi connectivity index (χ4n) is 7.03. The topological polar surface area (TPSA) is 378 Å². The summed E-state index contributed by atoms with van der Waals surface area (Å²) in [6.45, 7) is 6.27. The molecule has 0 aromatic carbocycles. The number of fused-ring (bicyclic) bond motifs is 1. The van der Waals surface area contributed by atoms with Crippen molar-refractivity contribution in [1.29, 1.82) is 0 Å². The summed E-state index contributed by atoms with van der Waals surface area (Å²) in [5.74, 6) is -4.79. The Morgan fingerprint density at radius 1 is 0.703 bits per heavy atom. The van der Waals surface area contributed by atoms with Gasteiger partial charge in [0.2, 0.25) is 47.3 Å². The summed E-state index contributed by atoms with van der Waals surface area (Å²) in [5.41, 5.74) is 21.9. The van der Waals surface area contributed by atoms with Gasteiger partial charge in [-0.05, 0) is 56.8 Å². The number of nitrogens with zero attached hydrogens (tertiary/aromatic N) is 1. The van der Waals surface area contributed by atoms with E-state index in [0.29, 0.717) is 50.3 Å². The molecule has 10 amide bonds. The van der Waals surface area contributed by atoms with E-state index in [0.717, 1.165) is 18.6 Å². The fourth-order valence-corrected chi connectivity index (χ4v) is 8.58. The van der Waals surface area contributed by atoms with Crippen LogP contribution in [0.3, 0.4) is 0 Å². The average molecular weight is 925 g/mol. The molecule has 2 fully saturated rings. The van der Waals surface area contributed by atoms with Gasteiger partial charge in [0.15, 0.2) is 5.96 Å². The van der Waals surface area contributed by atoms with Gasteiger partial charge in [0, 0.05) is 30.5 Å². The fraction of sp³-hybridized carbons (Fsp3) is 0.750. The summed E-state index contributed by atoms with van der Waals surface area (Å²) in [6, 6.07) is -4.17. The van der Waals surface area contributed by atoms with E-state index in [1.54, 1.807) is 20.8 Å². The number of urea groups is 1. The summed E-state index contributed by atoms with van der Waals surface area (Å²) >= 11 is 1.83. The number of nitrogens with one attached hydrogen (secondary N) is 9. The second-order valence-corrected chi connectivity index (χ2v) is 17.5. The Kier molecular flexibility index (Phi) is 24.9. The Balaban J connectivity index is 1.90. The number of carbonyl (C=O) groups is 9. The molecular formula is C40H72N14O9S. The molecule has 2 aliphatic rings. The summed E-state index contributed by atoms with van der Waals surface area (Å²) in [5, 5.41) is 24.4. The standard InChI is InChI=1S/C40H72N14O9S/c1-5-22(3)32(52-29(56)18-41)37(61)48-19-30(57)47-20-31(58)53-33(23(4)6-2)38(62)50-25(13-11-17-46-39(43)44)36(60)49-24(35(42)59)12-9-10-16-45-28(55)15-8-7-14-27-34-26(21-64-27)51-40(63)54-34/h22-27,32-34H,5-21,41H2,1-4H3,(H2,42,59)(H,45,55)(H,47,57)(H,48,61)(H,49,60)(H,50,62)(H,52,56)(H,53,58)(H4,43,44,46)(H2,51,54,63)/t22?,23?,24-,25-,26-,27-,32-,33-,34-/m0/s1. The molecule has 0 radical (unpaired) electrons. The number of rotatable bonds is 31. The molecule has 0 aromatic rings. The molecule has 2 rings (SSSR count). The number of guanidine groups is 1. The summed E-state index contributed by atoms with van der Waals surface area (Å²) < 4.78 is 0. The maximum Gasteiger partial charge on any atom is 0.315 e. The number of primary amides is 1. The number of amides is 10. The highest BCUT2D eigenvalue weighted by atomic mass is 32.2. The minimum Gasteiger partial charge on any atom is -0.370 e. The largest absolute Gasteiger partial charge is 0.370 e. The van der Waals surface area contributed by atoms with Crippen LogP contribution >= 0.6 is 11.8 Å². The van der Waals surface area contributed by atoms with Crippen LogP contribution in [0.25, 0.3) is 0 Å². The third-order valence-electron chi connectivity index (χ3n) is 11.2. The molecule has 0 saturated carbocycles. The Morgan fingerprint density at radius 2 is 1.33 bits per heavy atom. The second kappa shape index (κ2) is 29.1. The molecule has 0 aliphatic carbocycles. The van der Waals surface area contributed by atoms with Gasteiger partial charge in [-0.25, -0.2) is 4.79 Å². The minimum absolute atomic E-state index is 0.0526. The Labute approximate surface area is 379 Å². The van der Waals surface area contributed by atoms with Gasteiger partial charge < -0.3 is 70.8 Å². The van der Waals surface area contributed by atoms with Crippen molar-refractivity contribution < 1.29 is 43.2 Å². The quantitative estimate of drug-likeness (QED) is 0.0141. The number of nitrogens with two attached hydrogens (primary N) is 4. The first-order valence-electron chi connectivity index (χ1n) is 22.1. The highest BCUT2D eigenvalue weighted by Gasteiger charge is 2.42. The Bertz CT molecular complexity index is 1630. The zero-order chi connectivity index (χ0) is 47.8. The van der Waals surface area contributed by atoms with Gasteiger partial charge in [0.1, 0.15) is 24.2 Å². The number of unbranched alkanes of at least 4 members (excludes halogenated alkanes) is 2. The normalized spacial score (nSPS) is 19.1. The molecule has 2 heterocycles. The van der Waals surface area contributed by atoms with E-state index in [4.69, 9.17) is 22.9 Å². The monoisotopic (exact) mass is 925 g/mol. The molecule has 0 bridgehead atoms. The van der Waals surface area contributed by atoms with E-state index in [-0.39, 0.29) is 68.3 Å². The number of thioether (sulfide) groups is 1. The molecular weight excluding hydrogens is 853 g/mol.